The molecule has 0 aromatic heterocycles. The summed E-state index contributed by atoms with van der Waals surface area (Å²) in [7, 11) is 0. The molecule has 1 saturated carbocycles. The maximum atomic E-state index is 6.06. The van der Waals surface area contributed by atoms with Gasteiger partial charge in [0.05, 0.1) is 11.2 Å². The minimum absolute atomic E-state index is 0.158. The SMILES string of the molecule is CC1(C)O[C@]2(C)CC[C@@H]1CC2. The van der Waals surface area contributed by atoms with Crippen molar-refractivity contribution in [1.29, 1.82) is 0 Å². The highest BCUT2D eigenvalue weighted by Gasteiger charge is 2.47. The van der Waals surface area contributed by atoms with Gasteiger partial charge in [0.1, 0.15) is 0 Å². The smallest absolute Gasteiger partial charge is 0.0662 e. The Bertz CT molecular complexity index is 161. The lowest BCUT2D eigenvalue weighted by molar-refractivity contribution is -0.229. The first-order valence-corrected chi connectivity index (χ1v) is 4.72. The average Bonchev–Trinajstić information content (AvgIpc) is 1.84. The van der Waals surface area contributed by atoms with Gasteiger partial charge in [-0.3, -0.25) is 0 Å². The van der Waals surface area contributed by atoms with E-state index in [0.717, 1.165) is 5.92 Å². The summed E-state index contributed by atoms with van der Waals surface area (Å²) in [4.78, 5) is 0. The molecule has 2 heterocycles. The highest BCUT2D eigenvalue weighted by molar-refractivity contribution is 4.97. The van der Waals surface area contributed by atoms with E-state index in [1.165, 1.54) is 25.7 Å². The zero-order valence-corrected chi connectivity index (χ0v) is 7.81. The van der Waals surface area contributed by atoms with Crippen LogP contribution in [0.3, 0.4) is 0 Å². The molecule has 1 aliphatic carbocycles. The Kier molecular flexibility index (Phi) is 1.39. The van der Waals surface area contributed by atoms with E-state index in [4.69, 9.17) is 4.74 Å². The van der Waals surface area contributed by atoms with Gasteiger partial charge >= 0.3 is 0 Å². The van der Waals surface area contributed by atoms with Crippen LogP contribution < -0.4 is 0 Å². The molecule has 0 atom stereocenters. The average molecular weight is 154 g/mol. The summed E-state index contributed by atoms with van der Waals surface area (Å²) in [5.74, 6) is 0.823. The Balaban J connectivity index is 2.22. The monoisotopic (exact) mass is 154 g/mol. The highest BCUT2D eigenvalue weighted by Crippen LogP contribution is 2.49. The molecule has 11 heavy (non-hydrogen) atoms. The Morgan fingerprint density at radius 1 is 1.09 bits per heavy atom. The van der Waals surface area contributed by atoms with Crippen LogP contribution in [0.2, 0.25) is 0 Å². The van der Waals surface area contributed by atoms with Crippen molar-refractivity contribution >= 4 is 0 Å². The summed E-state index contributed by atoms with van der Waals surface area (Å²) in [5, 5.41) is 0. The van der Waals surface area contributed by atoms with Crippen LogP contribution in [0.4, 0.5) is 0 Å². The van der Waals surface area contributed by atoms with Crippen molar-refractivity contribution in [1.82, 2.24) is 0 Å². The van der Waals surface area contributed by atoms with Crippen molar-refractivity contribution in [2.75, 3.05) is 0 Å². The van der Waals surface area contributed by atoms with Crippen molar-refractivity contribution in [2.45, 2.75) is 57.7 Å². The van der Waals surface area contributed by atoms with Gasteiger partial charge in [-0.1, -0.05) is 0 Å². The van der Waals surface area contributed by atoms with Crippen LogP contribution >= 0.6 is 0 Å². The minimum atomic E-state index is 0.158. The molecule has 64 valence electrons. The lowest BCUT2D eigenvalue weighted by atomic mass is 9.69. The van der Waals surface area contributed by atoms with E-state index in [0.29, 0.717) is 0 Å². The molecule has 2 aliphatic heterocycles. The van der Waals surface area contributed by atoms with Gasteiger partial charge in [0, 0.05) is 0 Å². The summed E-state index contributed by atoms with van der Waals surface area (Å²) in [6, 6.07) is 0. The Labute approximate surface area is 69.1 Å². The van der Waals surface area contributed by atoms with Crippen LogP contribution in [0.1, 0.15) is 46.5 Å². The molecule has 0 unspecified atom stereocenters. The molecule has 0 amide bonds. The number of hydrogen-bond donors (Lipinski definition) is 0. The number of ether oxygens (including phenoxy) is 1. The largest absolute Gasteiger partial charge is 0.369 e. The quantitative estimate of drug-likeness (QED) is 0.521. The number of rotatable bonds is 0. The normalized spacial score (nSPS) is 47.7. The van der Waals surface area contributed by atoms with E-state index in [2.05, 4.69) is 20.8 Å². The molecule has 0 N–H and O–H groups in total. The standard InChI is InChI=1S/C10H18O/c1-9(2)8-4-6-10(3,11-9)7-5-8/h8H,4-7H2,1-3H3/t8-,10-. The molecule has 2 bridgehead atoms. The van der Waals surface area contributed by atoms with Crippen molar-refractivity contribution in [3.05, 3.63) is 0 Å². The molecule has 2 saturated heterocycles. The molecule has 3 fully saturated rings. The van der Waals surface area contributed by atoms with Crippen LogP contribution in [0.15, 0.2) is 0 Å². The fourth-order valence-corrected chi connectivity index (χ4v) is 2.74. The van der Waals surface area contributed by atoms with Gasteiger partial charge in [0.2, 0.25) is 0 Å². The Hall–Kier alpha value is -0.0400. The third kappa shape index (κ3) is 1.10. The van der Waals surface area contributed by atoms with Crippen LogP contribution in [0, 0.1) is 5.92 Å². The van der Waals surface area contributed by atoms with E-state index in [9.17, 15) is 0 Å². The lowest BCUT2D eigenvalue weighted by Crippen LogP contribution is -2.53. The van der Waals surface area contributed by atoms with E-state index in [1.807, 2.05) is 0 Å². The van der Waals surface area contributed by atoms with Crippen molar-refractivity contribution in [3.8, 4) is 0 Å². The molecule has 0 radical (unpaired) electrons. The zero-order chi connectivity index (χ0) is 8.11. The zero-order valence-electron chi connectivity index (χ0n) is 7.81. The highest BCUT2D eigenvalue weighted by atomic mass is 16.5. The molecule has 3 rings (SSSR count). The van der Waals surface area contributed by atoms with E-state index >= 15 is 0 Å². The van der Waals surface area contributed by atoms with Crippen LogP contribution in [-0.2, 0) is 4.74 Å². The number of hydrogen-bond acceptors (Lipinski definition) is 1. The van der Waals surface area contributed by atoms with Gasteiger partial charge in [-0.2, -0.15) is 0 Å². The summed E-state index contributed by atoms with van der Waals surface area (Å²) in [5.41, 5.74) is 0.378. The fraction of sp³-hybridized carbons (Fsp3) is 1.00. The van der Waals surface area contributed by atoms with Crippen LogP contribution in [-0.4, -0.2) is 11.2 Å². The molecular formula is C10H18O. The molecular weight excluding hydrogens is 136 g/mol. The lowest BCUT2D eigenvalue weighted by Gasteiger charge is -2.54. The Morgan fingerprint density at radius 2 is 1.64 bits per heavy atom. The first kappa shape index (κ1) is 7.60. The van der Waals surface area contributed by atoms with Crippen molar-refractivity contribution < 1.29 is 4.74 Å². The molecule has 1 heteroatoms. The summed E-state index contributed by atoms with van der Waals surface area (Å²) >= 11 is 0. The molecule has 0 spiro atoms. The summed E-state index contributed by atoms with van der Waals surface area (Å²) in [6.45, 7) is 6.76. The molecule has 0 aromatic carbocycles. The maximum absolute atomic E-state index is 6.06. The second-order valence-electron chi connectivity index (χ2n) is 4.93. The van der Waals surface area contributed by atoms with Gasteiger partial charge < -0.3 is 4.74 Å². The topological polar surface area (TPSA) is 9.23 Å². The van der Waals surface area contributed by atoms with E-state index < -0.39 is 0 Å². The first-order valence-electron chi connectivity index (χ1n) is 4.72. The van der Waals surface area contributed by atoms with Crippen molar-refractivity contribution in [3.63, 3.8) is 0 Å². The maximum Gasteiger partial charge on any atom is 0.0662 e. The Morgan fingerprint density at radius 3 is 1.91 bits per heavy atom. The summed E-state index contributed by atoms with van der Waals surface area (Å²) < 4.78 is 6.06. The third-order valence-electron chi connectivity index (χ3n) is 3.54. The van der Waals surface area contributed by atoms with Crippen molar-refractivity contribution in [2.24, 2.45) is 5.92 Å². The number of fused-ring (bicyclic) bond motifs is 3. The first-order chi connectivity index (χ1) is 5.02. The second kappa shape index (κ2) is 2.01. The fourth-order valence-electron chi connectivity index (χ4n) is 2.74. The third-order valence-corrected chi connectivity index (χ3v) is 3.54. The van der Waals surface area contributed by atoms with Gasteiger partial charge in [0.15, 0.2) is 0 Å². The van der Waals surface area contributed by atoms with Gasteiger partial charge in [-0.25, -0.2) is 0 Å². The molecule has 1 nitrogen and oxygen atoms in total. The van der Waals surface area contributed by atoms with E-state index in [-0.39, 0.29) is 11.2 Å². The minimum Gasteiger partial charge on any atom is -0.369 e. The van der Waals surface area contributed by atoms with Crippen LogP contribution in [0.5, 0.6) is 0 Å². The van der Waals surface area contributed by atoms with Gasteiger partial charge in [0.25, 0.3) is 0 Å². The van der Waals surface area contributed by atoms with Gasteiger partial charge in [-0.05, 0) is 52.4 Å². The van der Waals surface area contributed by atoms with Crippen LogP contribution in [0.25, 0.3) is 0 Å². The molecule has 3 aliphatic rings. The molecule has 0 aromatic rings. The predicted octanol–water partition coefficient (Wildman–Crippen LogP) is 2.74. The summed E-state index contributed by atoms with van der Waals surface area (Å²) in [6.07, 6.45) is 5.31. The van der Waals surface area contributed by atoms with E-state index in [1.54, 1.807) is 0 Å². The predicted molar refractivity (Wildman–Crippen MR) is 45.5 cm³/mol. The second-order valence-corrected chi connectivity index (χ2v) is 4.93. The van der Waals surface area contributed by atoms with Gasteiger partial charge in [-0.15, -0.1) is 0 Å².